The molecule has 1 fully saturated rings. The molecule has 2 atom stereocenters. The summed E-state index contributed by atoms with van der Waals surface area (Å²) in [7, 11) is 1.42. The van der Waals surface area contributed by atoms with Crippen molar-refractivity contribution >= 4 is 6.03 Å². The van der Waals surface area contributed by atoms with Crippen molar-refractivity contribution in [2.45, 2.75) is 44.7 Å². The topological polar surface area (TPSA) is 61.8 Å². The Morgan fingerprint density at radius 1 is 1.52 bits per heavy atom. The Labute approximate surface area is 136 Å². The van der Waals surface area contributed by atoms with E-state index in [2.05, 4.69) is 5.32 Å². The Hall–Kier alpha value is -1.82. The first-order valence-electron chi connectivity index (χ1n) is 8.08. The lowest BCUT2D eigenvalue weighted by Crippen LogP contribution is -2.49. The first-order valence-corrected chi connectivity index (χ1v) is 8.08. The molecule has 1 aromatic rings. The van der Waals surface area contributed by atoms with Gasteiger partial charge in [-0.05, 0) is 50.3 Å². The molecule has 128 valence electrons. The maximum absolute atomic E-state index is 13.8. The van der Waals surface area contributed by atoms with E-state index in [0.29, 0.717) is 18.5 Å². The molecule has 6 heteroatoms. The minimum atomic E-state index is -0.442. The zero-order valence-electron chi connectivity index (χ0n) is 13.7. The Kier molecular flexibility index (Phi) is 6.21. The fraction of sp³-hybridized carbons (Fsp3) is 0.588. The lowest BCUT2D eigenvalue weighted by molar-refractivity contribution is 0.130. The van der Waals surface area contributed by atoms with Gasteiger partial charge in [-0.3, -0.25) is 0 Å². The highest BCUT2D eigenvalue weighted by Gasteiger charge is 2.27. The molecule has 1 saturated heterocycles. The van der Waals surface area contributed by atoms with Gasteiger partial charge in [-0.1, -0.05) is 6.07 Å². The van der Waals surface area contributed by atoms with Crippen LogP contribution in [-0.2, 0) is 0 Å². The van der Waals surface area contributed by atoms with E-state index in [-0.39, 0.29) is 30.5 Å². The number of carbonyl (C=O) groups is 1. The summed E-state index contributed by atoms with van der Waals surface area (Å²) >= 11 is 0. The third-order valence-corrected chi connectivity index (χ3v) is 4.37. The Morgan fingerprint density at radius 3 is 2.96 bits per heavy atom. The van der Waals surface area contributed by atoms with Gasteiger partial charge in [0.1, 0.15) is 0 Å². The van der Waals surface area contributed by atoms with Gasteiger partial charge in [0, 0.05) is 19.2 Å². The summed E-state index contributed by atoms with van der Waals surface area (Å²) < 4.78 is 18.7. The van der Waals surface area contributed by atoms with Crippen molar-refractivity contribution in [3.8, 4) is 5.75 Å². The number of nitrogens with zero attached hydrogens (tertiary/aromatic N) is 1. The molecular formula is C17H25FN2O3. The normalized spacial score (nSPS) is 19.3. The molecule has 1 aliphatic rings. The largest absolute Gasteiger partial charge is 0.494 e. The highest BCUT2D eigenvalue weighted by Crippen LogP contribution is 2.23. The van der Waals surface area contributed by atoms with Crippen LogP contribution < -0.4 is 10.1 Å². The van der Waals surface area contributed by atoms with E-state index < -0.39 is 5.82 Å². The van der Waals surface area contributed by atoms with Crippen LogP contribution >= 0.6 is 0 Å². The number of ether oxygens (including phenoxy) is 1. The van der Waals surface area contributed by atoms with Crippen LogP contribution in [0.4, 0.5) is 9.18 Å². The smallest absolute Gasteiger partial charge is 0.318 e. The van der Waals surface area contributed by atoms with Crippen LogP contribution in [0.5, 0.6) is 5.75 Å². The zero-order valence-corrected chi connectivity index (χ0v) is 13.7. The van der Waals surface area contributed by atoms with Gasteiger partial charge in [0.15, 0.2) is 11.6 Å². The van der Waals surface area contributed by atoms with E-state index >= 15 is 0 Å². The van der Waals surface area contributed by atoms with E-state index in [1.165, 1.54) is 13.2 Å². The van der Waals surface area contributed by atoms with E-state index in [9.17, 15) is 9.18 Å². The number of benzene rings is 1. The van der Waals surface area contributed by atoms with Gasteiger partial charge in [0.05, 0.1) is 13.2 Å². The van der Waals surface area contributed by atoms with Gasteiger partial charge in [-0.25, -0.2) is 9.18 Å². The molecule has 5 nitrogen and oxygen atoms in total. The Bertz CT molecular complexity index is 537. The lowest BCUT2D eigenvalue weighted by atomic mass is 10.00. The minimum absolute atomic E-state index is 0.0771. The quantitative estimate of drug-likeness (QED) is 0.875. The molecule has 2 unspecified atom stereocenters. The van der Waals surface area contributed by atoms with Crippen molar-refractivity contribution < 1.29 is 19.0 Å². The molecule has 0 radical (unpaired) electrons. The highest BCUT2D eigenvalue weighted by atomic mass is 19.1. The zero-order chi connectivity index (χ0) is 16.8. The van der Waals surface area contributed by atoms with Crippen molar-refractivity contribution in [3.05, 3.63) is 29.6 Å². The van der Waals surface area contributed by atoms with Gasteiger partial charge in [-0.15, -0.1) is 0 Å². The summed E-state index contributed by atoms with van der Waals surface area (Å²) in [5.41, 5.74) is 0.687. The van der Waals surface area contributed by atoms with Gasteiger partial charge in [0.2, 0.25) is 0 Å². The lowest BCUT2D eigenvalue weighted by Gasteiger charge is -2.36. The number of hydrogen-bond donors (Lipinski definition) is 2. The van der Waals surface area contributed by atoms with Crippen LogP contribution in [0, 0.1) is 5.82 Å². The van der Waals surface area contributed by atoms with Crippen LogP contribution in [0.25, 0.3) is 0 Å². The predicted molar refractivity (Wildman–Crippen MR) is 85.9 cm³/mol. The van der Waals surface area contributed by atoms with Crippen molar-refractivity contribution in [3.63, 3.8) is 0 Å². The first-order chi connectivity index (χ1) is 11.1. The van der Waals surface area contributed by atoms with Crippen molar-refractivity contribution in [2.75, 3.05) is 20.3 Å². The van der Waals surface area contributed by atoms with Crippen LogP contribution in [0.3, 0.4) is 0 Å². The molecular weight excluding hydrogens is 299 g/mol. The number of aliphatic hydroxyl groups excluding tert-OH is 1. The van der Waals surface area contributed by atoms with E-state index in [0.717, 1.165) is 19.3 Å². The molecule has 2 N–H and O–H groups in total. The fourth-order valence-electron chi connectivity index (χ4n) is 3.02. The van der Waals surface area contributed by atoms with Crippen LogP contribution in [0.2, 0.25) is 0 Å². The summed E-state index contributed by atoms with van der Waals surface area (Å²) in [5, 5.41) is 12.1. The van der Waals surface area contributed by atoms with E-state index in [1.807, 2.05) is 6.92 Å². The second kappa shape index (κ2) is 8.15. The van der Waals surface area contributed by atoms with Crippen LogP contribution in [-0.4, -0.2) is 42.3 Å². The van der Waals surface area contributed by atoms with Gasteiger partial charge < -0.3 is 20.1 Å². The molecule has 0 aliphatic carbocycles. The molecule has 0 aromatic heterocycles. The number of halogens is 1. The number of nitrogens with one attached hydrogen (secondary N) is 1. The second-order valence-corrected chi connectivity index (χ2v) is 5.92. The van der Waals surface area contributed by atoms with Crippen molar-refractivity contribution in [2.24, 2.45) is 0 Å². The first kappa shape index (κ1) is 17.5. The summed E-state index contributed by atoms with van der Waals surface area (Å²) in [6.07, 6.45) is 3.56. The molecule has 0 saturated carbocycles. The molecule has 2 rings (SSSR count). The highest BCUT2D eigenvalue weighted by molar-refractivity contribution is 5.75. The van der Waals surface area contributed by atoms with Crippen molar-refractivity contribution in [1.82, 2.24) is 10.2 Å². The number of aliphatic hydroxyl groups is 1. The number of urea groups is 1. The number of hydrogen-bond acceptors (Lipinski definition) is 3. The Balaban J connectivity index is 2.02. The molecule has 0 bridgehead atoms. The number of rotatable bonds is 5. The van der Waals surface area contributed by atoms with E-state index in [1.54, 1.807) is 17.0 Å². The predicted octanol–water partition coefficient (Wildman–Crippen LogP) is 2.84. The molecule has 0 spiro atoms. The average molecular weight is 324 g/mol. The fourth-order valence-corrected chi connectivity index (χ4v) is 3.02. The van der Waals surface area contributed by atoms with E-state index in [4.69, 9.17) is 9.84 Å². The molecule has 23 heavy (non-hydrogen) atoms. The standard InChI is InChI=1S/C17H25FN2O3/c1-12(13-6-7-16(23-2)15(18)11-13)19-17(22)20-9-4-3-5-14(20)8-10-21/h6-7,11-12,14,21H,3-5,8-10H2,1-2H3,(H,19,22). The minimum Gasteiger partial charge on any atom is -0.494 e. The summed E-state index contributed by atoms with van der Waals surface area (Å²) in [5.74, 6) is -0.256. The maximum atomic E-state index is 13.8. The van der Waals surface area contributed by atoms with Crippen molar-refractivity contribution in [1.29, 1.82) is 0 Å². The second-order valence-electron chi connectivity index (χ2n) is 5.92. The number of likely N-dealkylation sites (tertiary alicyclic amines) is 1. The SMILES string of the molecule is COc1ccc(C(C)NC(=O)N2CCCCC2CCO)cc1F. The molecule has 1 heterocycles. The van der Waals surface area contributed by atoms with Crippen LogP contribution in [0.15, 0.2) is 18.2 Å². The molecule has 2 amide bonds. The number of carbonyl (C=O) groups excluding carboxylic acids is 1. The number of amides is 2. The average Bonchev–Trinajstić information content (AvgIpc) is 2.55. The maximum Gasteiger partial charge on any atom is 0.318 e. The van der Waals surface area contributed by atoms with Gasteiger partial charge in [-0.2, -0.15) is 0 Å². The van der Waals surface area contributed by atoms with Gasteiger partial charge in [0.25, 0.3) is 0 Å². The third-order valence-electron chi connectivity index (χ3n) is 4.37. The Morgan fingerprint density at radius 2 is 2.30 bits per heavy atom. The summed E-state index contributed by atoms with van der Waals surface area (Å²) in [6.45, 7) is 2.60. The molecule has 1 aromatic carbocycles. The van der Waals surface area contributed by atoms with Crippen LogP contribution in [0.1, 0.15) is 44.2 Å². The van der Waals surface area contributed by atoms with Gasteiger partial charge >= 0.3 is 6.03 Å². The molecule has 1 aliphatic heterocycles. The monoisotopic (exact) mass is 324 g/mol. The summed E-state index contributed by atoms with van der Waals surface area (Å²) in [4.78, 5) is 14.3. The number of piperidine rings is 1. The summed E-state index contributed by atoms with van der Waals surface area (Å²) in [6, 6.07) is 4.29. The third kappa shape index (κ3) is 4.34. The number of methoxy groups -OCH3 is 1.